The fourth-order valence-corrected chi connectivity index (χ4v) is 1.44. The molecule has 1 atom stereocenters. The van der Waals surface area contributed by atoms with E-state index in [0.29, 0.717) is 13.2 Å². The summed E-state index contributed by atoms with van der Waals surface area (Å²) in [6.45, 7) is 5.24. The molecule has 94 valence electrons. The summed E-state index contributed by atoms with van der Waals surface area (Å²) in [6, 6.07) is 7.74. The molecule has 0 aliphatic rings. The molecule has 0 saturated carbocycles. The van der Waals surface area contributed by atoms with Gasteiger partial charge >= 0.3 is 0 Å². The van der Waals surface area contributed by atoms with E-state index in [4.69, 9.17) is 14.6 Å². The van der Waals surface area contributed by atoms with Gasteiger partial charge in [-0.15, -0.1) is 0 Å². The molecule has 3 heteroatoms. The van der Waals surface area contributed by atoms with Crippen molar-refractivity contribution in [1.29, 1.82) is 0 Å². The van der Waals surface area contributed by atoms with Crippen LogP contribution in [0, 0.1) is 0 Å². The number of ether oxygens (including phenoxy) is 2. The highest BCUT2D eigenvalue weighted by Crippen LogP contribution is 2.20. The van der Waals surface area contributed by atoms with E-state index in [1.165, 1.54) is 0 Å². The fourth-order valence-electron chi connectivity index (χ4n) is 1.44. The van der Waals surface area contributed by atoms with Gasteiger partial charge < -0.3 is 14.6 Å². The molecule has 0 saturated heterocycles. The van der Waals surface area contributed by atoms with Crippen LogP contribution in [0.15, 0.2) is 30.3 Å². The molecular weight excluding hydrogens is 216 g/mol. The second kappa shape index (κ2) is 7.87. The summed E-state index contributed by atoms with van der Waals surface area (Å²) >= 11 is 0. The predicted octanol–water partition coefficient (Wildman–Crippen LogP) is 2.50. The topological polar surface area (TPSA) is 38.7 Å². The van der Waals surface area contributed by atoms with Crippen LogP contribution in [0.25, 0.3) is 6.08 Å². The number of para-hydroxylation sites is 1. The summed E-state index contributed by atoms with van der Waals surface area (Å²) in [5.41, 5.74) is 0.963. The van der Waals surface area contributed by atoms with E-state index in [0.717, 1.165) is 11.3 Å². The van der Waals surface area contributed by atoms with Gasteiger partial charge in [0.15, 0.2) is 0 Å². The largest absolute Gasteiger partial charge is 0.488 e. The third-order valence-corrected chi connectivity index (χ3v) is 2.21. The zero-order valence-corrected chi connectivity index (χ0v) is 10.4. The summed E-state index contributed by atoms with van der Waals surface area (Å²) in [5, 5.41) is 8.77. The minimum atomic E-state index is 0.0126. The number of benzene rings is 1. The third kappa shape index (κ3) is 5.02. The molecule has 0 fully saturated rings. The molecule has 1 rings (SSSR count). The zero-order valence-electron chi connectivity index (χ0n) is 10.4. The average Bonchev–Trinajstić information content (AvgIpc) is 2.35. The summed E-state index contributed by atoms with van der Waals surface area (Å²) < 4.78 is 11.1. The van der Waals surface area contributed by atoms with Crippen molar-refractivity contribution >= 4 is 6.08 Å². The highest BCUT2D eigenvalue weighted by atomic mass is 16.5. The average molecular weight is 236 g/mol. The first kappa shape index (κ1) is 13.7. The minimum Gasteiger partial charge on any atom is -0.488 e. The predicted molar refractivity (Wildman–Crippen MR) is 69.1 cm³/mol. The second-order valence-corrected chi connectivity index (χ2v) is 3.71. The molecular formula is C14H20O3. The molecule has 0 aromatic heterocycles. The van der Waals surface area contributed by atoms with Gasteiger partial charge in [0.1, 0.15) is 11.9 Å². The molecule has 0 heterocycles. The number of aliphatic hydroxyl groups is 1. The molecule has 1 N–H and O–H groups in total. The minimum absolute atomic E-state index is 0.0126. The van der Waals surface area contributed by atoms with Gasteiger partial charge in [0.05, 0.1) is 13.2 Å². The molecule has 0 radical (unpaired) electrons. The number of hydrogen-bond acceptors (Lipinski definition) is 3. The van der Waals surface area contributed by atoms with Gasteiger partial charge in [-0.25, -0.2) is 0 Å². The Balaban J connectivity index is 2.65. The monoisotopic (exact) mass is 236 g/mol. The van der Waals surface area contributed by atoms with Crippen LogP contribution in [-0.2, 0) is 4.74 Å². The van der Waals surface area contributed by atoms with Crippen LogP contribution in [0.5, 0.6) is 5.75 Å². The summed E-state index contributed by atoms with van der Waals surface area (Å²) in [7, 11) is 0. The van der Waals surface area contributed by atoms with Crippen LogP contribution in [-0.4, -0.2) is 31.0 Å². The molecule has 0 aliphatic carbocycles. The normalized spacial score (nSPS) is 12.9. The number of aliphatic hydroxyl groups excluding tert-OH is 1. The zero-order chi connectivity index (χ0) is 12.5. The van der Waals surface area contributed by atoms with Crippen LogP contribution < -0.4 is 4.74 Å². The van der Waals surface area contributed by atoms with Crippen molar-refractivity contribution in [3.8, 4) is 5.75 Å². The van der Waals surface area contributed by atoms with Crippen molar-refractivity contribution in [3.63, 3.8) is 0 Å². The Morgan fingerprint density at radius 2 is 2.12 bits per heavy atom. The van der Waals surface area contributed by atoms with Gasteiger partial charge in [0, 0.05) is 12.2 Å². The number of rotatable bonds is 7. The highest BCUT2D eigenvalue weighted by molar-refractivity contribution is 5.57. The molecule has 1 aromatic rings. The van der Waals surface area contributed by atoms with Crippen molar-refractivity contribution in [2.75, 3.05) is 19.8 Å². The summed E-state index contributed by atoms with van der Waals surface area (Å²) in [5.74, 6) is 0.810. The van der Waals surface area contributed by atoms with Gasteiger partial charge in [0.25, 0.3) is 0 Å². The maximum Gasteiger partial charge on any atom is 0.127 e. The van der Waals surface area contributed by atoms with Crippen LogP contribution >= 0.6 is 0 Å². The standard InChI is InChI=1S/C14H20O3/c1-3-16-11-12(2)17-14-9-5-4-7-13(14)8-6-10-15/h4-9,12,15H,3,10-11H2,1-2H3/b8-6+/t12-/m1/s1. The molecule has 0 bridgehead atoms. The lowest BCUT2D eigenvalue weighted by atomic mass is 10.2. The molecule has 0 unspecified atom stereocenters. The Kier molecular flexibility index (Phi) is 6.37. The van der Waals surface area contributed by atoms with Gasteiger partial charge in [-0.2, -0.15) is 0 Å². The Bertz CT molecular complexity index is 347. The first-order chi connectivity index (χ1) is 8.27. The van der Waals surface area contributed by atoms with Crippen molar-refractivity contribution in [2.24, 2.45) is 0 Å². The highest BCUT2D eigenvalue weighted by Gasteiger charge is 2.06. The van der Waals surface area contributed by atoms with Crippen molar-refractivity contribution in [2.45, 2.75) is 20.0 Å². The Morgan fingerprint density at radius 1 is 1.35 bits per heavy atom. The number of hydrogen-bond donors (Lipinski definition) is 1. The maximum absolute atomic E-state index is 8.77. The molecule has 0 spiro atoms. The van der Waals surface area contributed by atoms with Crippen LogP contribution in [0.4, 0.5) is 0 Å². The smallest absolute Gasteiger partial charge is 0.127 e. The van der Waals surface area contributed by atoms with E-state index in [-0.39, 0.29) is 12.7 Å². The first-order valence-corrected chi connectivity index (χ1v) is 5.88. The molecule has 17 heavy (non-hydrogen) atoms. The molecule has 3 nitrogen and oxygen atoms in total. The quantitative estimate of drug-likeness (QED) is 0.790. The molecule has 1 aromatic carbocycles. The van der Waals surface area contributed by atoms with Crippen LogP contribution in [0.1, 0.15) is 19.4 Å². The van der Waals surface area contributed by atoms with E-state index in [1.54, 1.807) is 6.08 Å². The lowest BCUT2D eigenvalue weighted by Gasteiger charge is -2.16. The van der Waals surface area contributed by atoms with Crippen molar-refractivity contribution < 1.29 is 14.6 Å². The van der Waals surface area contributed by atoms with Gasteiger partial charge in [-0.1, -0.05) is 30.4 Å². The fraction of sp³-hybridized carbons (Fsp3) is 0.429. The Morgan fingerprint density at radius 3 is 2.82 bits per heavy atom. The van der Waals surface area contributed by atoms with E-state index < -0.39 is 0 Å². The van der Waals surface area contributed by atoms with E-state index in [9.17, 15) is 0 Å². The maximum atomic E-state index is 8.77. The van der Waals surface area contributed by atoms with Crippen LogP contribution in [0.2, 0.25) is 0 Å². The van der Waals surface area contributed by atoms with E-state index in [1.807, 2.05) is 44.2 Å². The summed E-state index contributed by atoms with van der Waals surface area (Å²) in [4.78, 5) is 0. The Hall–Kier alpha value is -1.32. The van der Waals surface area contributed by atoms with Gasteiger partial charge in [-0.05, 0) is 19.9 Å². The van der Waals surface area contributed by atoms with E-state index in [2.05, 4.69) is 0 Å². The Labute approximate surface area is 103 Å². The molecule has 0 amide bonds. The van der Waals surface area contributed by atoms with Gasteiger partial charge in [-0.3, -0.25) is 0 Å². The summed E-state index contributed by atoms with van der Waals surface area (Å²) in [6.07, 6.45) is 3.55. The van der Waals surface area contributed by atoms with Crippen LogP contribution in [0.3, 0.4) is 0 Å². The lowest BCUT2D eigenvalue weighted by Crippen LogP contribution is -2.19. The van der Waals surface area contributed by atoms with Gasteiger partial charge in [0.2, 0.25) is 0 Å². The third-order valence-electron chi connectivity index (χ3n) is 2.21. The first-order valence-electron chi connectivity index (χ1n) is 5.88. The SMILES string of the molecule is CCOC[C@@H](C)Oc1ccccc1/C=C/CO. The molecule has 0 aliphatic heterocycles. The van der Waals surface area contributed by atoms with E-state index >= 15 is 0 Å². The second-order valence-electron chi connectivity index (χ2n) is 3.71. The van der Waals surface area contributed by atoms with Crippen molar-refractivity contribution in [1.82, 2.24) is 0 Å². The van der Waals surface area contributed by atoms with Crippen molar-refractivity contribution in [3.05, 3.63) is 35.9 Å². The lowest BCUT2D eigenvalue weighted by molar-refractivity contribution is 0.0656.